The van der Waals surface area contributed by atoms with Gasteiger partial charge in [-0.1, -0.05) is 35.4 Å². The molecule has 190 valence electrons. The number of hydrogen-bond donors (Lipinski definition) is 0. The van der Waals surface area contributed by atoms with Gasteiger partial charge in [0.25, 0.3) is 0 Å². The highest BCUT2D eigenvalue weighted by molar-refractivity contribution is 5.92. The second-order valence-corrected chi connectivity index (χ2v) is 9.13. The van der Waals surface area contributed by atoms with Crippen LogP contribution in [0.2, 0.25) is 0 Å². The highest BCUT2D eigenvalue weighted by atomic mass is 16.7. The SMILES string of the molecule is Cc1ccc(C(=O)Oc2ccc(C(=O)O[C@H]3COC4C3OC[C@H]4OC(=O)c3ccc(C)cc3)cc2)cc1. The zero-order chi connectivity index (χ0) is 25.9. The van der Waals surface area contributed by atoms with Gasteiger partial charge >= 0.3 is 17.9 Å². The van der Waals surface area contributed by atoms with Crippen LogP contribution in [0.15, 0.2) is 72.8 Å². The second kappa shape index (κ2) is 10.5. The minimum atomic E-state index is -0.639. The van der Waals surface area contributed by atoms with E-state index in [0.29, 0.717) is 22.4 Å². The Morgan fingerprint density at radius 1 is 0.595 bits per heavy atom. The van der Waals surface area contributed by atoms with Gasteiger partial charge in [-0.25, -0.2) is 14.4 Å². The lowest BCUT2D eigenvalue weighted by atomic mass is 10.1. The highest BCUT2D eigenvalue weighted by Crippen LogP contribution is 2.31. The van der Waals surface area contributed by atoms with Crippen LogP contribution in [-0.2, 0) is 18.9 Å². The summed E-state index contributed by atoms with van der Waals surface area (Å²) in [6.45, 7) is 4.16. The molecule has 0 aromatic heterocycles. The Kier molecular flexibility index (Phi) is 7.03. The van der Waals surface area contributed by atoms with E-state index in [1.165, 1.54) is 24.3 Å². The monoisotopic (exact) mass is 502 g/mol. The molecule has 0 aliphatic carbocycles. The first kappa shape index (κ1) is 24.7. The third-order valence-electron chi connectivity index (χ3n) is 6.35. The van der Waals surface area contributed by atoms with E-state index in [4.69, 9.17) is 23.7 Å². The zero-order valence-corrected chi connectivity index (χ0v) is 20.4. The quantitative estimate of drug-likeness (QED) is 0.368. The Bertz CT molecular complexity index is 1280. The van der Waals surface area contributed by atoms with Gasteiger partial charge in [0.05, 0.1) is 29.9 Å². The highest BCUT2D eigenvalue weighted by Gasteiger charge is 2.51. The predicted octanol–water partition coefficient (Wildman–Crippen LogP) is 4.07. The molecule has 8 heteroatoms. The molecule has 8 nitrogen and oxygen atoms in total. The molecule has 2 fully saturated rings. The van der Waals surface area contributed by atoms with Crippen molar-refractivity contribution in [3.8, 4) is 5.75 Å². The lowest BCUT2D eigenvalue weighted by molar-refractivity contribution is -0.0287. The van der Waals surface area contributed by atoms with Crippen molar-refractivity contribution in [2.75, 3.05) is 13.2 Å². The summed E-state index contributed by atoms with van der Waals surface area (Å²) in [5.74, 6) is -1.19. The first-order valence-corrected chi connectivity index (χ1v) is 12.0. The second-order valence-electron chi connectivity index (χ2n) is 9.13. The number of carbonyl (C=O) groups is 3. The van der Waals surface area contributed by atoms with E-state index in [9.17, 15) is 14.4 Å². The third-order valence-corrected chi connectivity index (χ3v) is 6.35. The molecule has 2 aliphatic rings. The summed E-state index contributed by atoms with van der Waals surface area (Å²) in [6, 6.07) is 20.3. The molecule has 2 saturated heterocycles. The molecule has 5 rings (SSSR count). The Balaban J connectivity index is 1.14. The van der Waals surface area contributed by atoms with Crippen molar-refractivity contribution in [1.29, 1.82) is 0 Å². The minimum Gasteiger partial charge on any atom is -0.453 e. The summed E-state index contributed by atoms with van der Waals surface area (Å²) in [7, 11) is 0. The van der Waals surface area contributed by atoms with Crippen molar-refractivity contribution in [3.05, 3.63) is 101 Å². The molecule has 0 saturated carbocycles. The maximum Gasteiger partial charge on any atom is 0.343 e. The molecule has 37 heavy (non-hydrogen) atoms. The van der Waals surface area contributed by atoms with Crippen LogP contribution in [0.25, 0.3) is 0 Å². The van der Waals surface area contributed by atoms with Crippen molar-refractivity contribution < 1.29 is 38.1 Å². The van der Waals surface area contributed by atoms with Crippen LogP contribution in [0.3, 0.4) is 0 Å². The Hall–Kier alpha value is -4.01. The van der Waals surface area contributed by atoms with Gasteiger partial charge < -0.3 is 23.7 Å². The van der Waals surface area contributed by atoms with Gasteiger partial charge in [-0.2, -0.15) is 0 Å². The summed E-state index contributed by atoms with van der Waals surface area (Å²) in [4.78, 5) is 37.5. The van der Waals surface area contributed by atoms with Crippen LogP contribution in [0, 0.1) is 13.8 Å². The van der Waals surface area contributed by atoms with Gasteiger partial charge in [0.15, 0.2) is 12.2 Å². The van der Waals surface area contributed by atoms with Crippen LogP contribution in [0.4, 0.5) is 0 Å². The van der Waals surface area contributed by atoms with Crippen LogP contribution in [0.5, 0.6) is 5.75 Å². The molecular weight excluding hydrogens is 476 g/mol. The molecule has 3 aromatic carbocycles. The first-order chi connectivity index (χ1) is 17.9. The molecule has 0 bridgehead atoms. The number of rotatable bonds is 6. The van der Waals surface area contributed by atoms with E-state index in [-0.39, 0.29) is 13.2 Å². The van der Waals surface area contributed by atoms with Gasteiger partial charge in [0.2, 0.25) is 0 Å². The van der Waals surface area contributed by atoms with E-state index in [0.717, 1.165) is 11.1 Å². The largest absolute Gasteiger partial charge is 0.453 e. The van der Waals surface area contributed by atoms with Crippen LogP contribution < -0.4 is 4.74 Å². The summed E-state index contributed by atoms with van der Waals surface area (Å²) >= 11 is 0. The number of carbonyl (C=O) groups excluding carboxylic acids is 3. The van der Waals surface area contributed by atoms with Crippen molar-refractivity contribution >= 4 is 17.9 Å². The topological polar surface area (TPSA) is 97.4 Å². The maximum atomic E-state index is 12.7. The van der Waals surface area contributed by atoms with E-state index < -0.39 is 42.3 Å². The molecule has 2 unspecified atom stereocenters. The van der Waals surface area contributed by atoms with Crippen LogP contribution >= 0.6 is 0 Å². The van der Waals surface area contributed by atoms with Gasteiger partial charge in [-0.15, -0.1) is 0 Å². The van der Waals surface area contributed by atoms with E-state index in [1.807, 2.05) is 38.1 Å². The summed E-state index contributed by atoms with van der Waals surface area (Å²) in [6.07, 6.45) is -2.28. The van der Waals surface area contributed by atoms with Crippen molar-refractivity contribution in [1.82, 2.24) is 0 Å². The molecule has 0 radical (unpaired) electrons. The van der Waals surface area contributed by atoms with E-state index in [1.54, 1.807) is 24.3 Å². The first-order valence-electron chi connectivity index (χ1n) is 12.0. The zero-order valence-electron chi connectivity index (χ0n) is 20.4. The third kappa shape index (κ3) is 5.55. The fraction of sp³-hybridized carbons (Fsp3) is 0.276. The van der Waals surface area contributed by atoms with Crippen molar-refractivity contribution in [3.63, 3.8) is 0 Å². The predicted molar refractivity (Wildman–Crippen MR) is 132 cm³/mol. The minimum absolute atomic E-state index is 0.131. The van der Waals surface area contributed by atoms with Crippen LogP contribution in [0.1, 0.15) is 42.2 Å². The van der Waals surface area contributed by atoms with Gasteiger partial charge in [0.1, 0.15) is 18.0 Å². The fourth-order valence-electron chi connectivity index (χ4n) is 4.25. The van der Waals surface area contributed by atoms with Crippen molar-refractivity contribution in [2.45, 2.75) is 38.3 Å². The average Bonchev–Trinajstić information content (AvgIpc) is 3.48. The molecule has 2 heterocycles. The molecule has 0 amide bonds. The van der Waals surface area contributed by atoms with Crippen LogP contribution in [-0.4, -0.2) is 55.5 Å². The normalized spacial score (nSPS) is 22.2. The number of esters is 3. The number of ether oxygens (including phenoxy) is 5. The average molecular weight is 503 g/mol. The Morgan fingerprint density at radius 2 is 0.973 bits per heavy atom. The Labute approximate surface area is 214 Å². The molecule has 0 N–H and O–H groups in total. The molecular formula is C29H26O8. The fourth-order valence-corrected chi connectivity index (χ4v) is 4.25. The van der Waals surface area contributed by atoms with E-state index >= 15 is 0 Å². The molecule has 4 atom stereocenters. The van der Waals surface area contributed by atoms with Gasteiger partial charge in [0, 0.05) is 0 Å². The summed E-state index contributed by atoms with van der Waals surface area (Å²) in [5.41, 5.74) is 3.26. The number of fused-ring (bicyclic) bond motifs is 1. The van der Waals surface area contributed by atoms with Crippen molar-refractivity contribution in [2.24, 2.45) is 0 Å². The molecule has 2 aliphatic heterocycles. The molecule has 0 spiro atoms. The van der Waals surface area contributed by atoms with Gasteiger partial charge in [-0.05, 0) is 62.4 Å². The lowest BCUT2D eigenvalue weighted by Crippen LogP contribution is -2.36. The summed E-state index contributed by atoms with van der Waals surface area (Å²) < 4.78 is 28.1. The molecule has 3 aromatic rings. The number of aryl methyl sites for hydroxylation is 2. The maximum absolute atomic E-state index is 12.7. The number of benzene rings is 3. The standard InChI is InChI=1S/C29H26O8/c1-17-3-7-19(8-4-17)27(30)35-22-13-11-21(12-14-22)29(32)37-24-16-34-25-23(15-33-26(24)25)36-28(31)20-9-5-18(2)6-10-20/h3-14,23-26H,15-16H2,1-2H3/t23-,24+,25?,26?/m1/s1. The lowest BCUT2D eigenvalue weighted by Gasteiger charge is -2.17. The van der Waals surface area contributed by atoms with E-state index in [2.05, 4.69) is 0 Å². The Morgan fingerprint density at radius 3 is 1.41 bits per heavy atom. The summed E-state index contributed by atoms with van der Waals surface area (Å²) in [5, 5.41) is 0. The smallest absolute Gasteiger partial charge is 0.343 e. The number of hydrogen-bond acceptors (Lipinski definition) is 8. The van der Waals surface area contributed by atoms with Gasteiger partial charge in [-0.3, -0.25) is 0 Å².